The van der Waals surface area contributed by atoms with Gasteiger partial charge in [-0.05, 0) is 60.4 Å². The summed E-state index contributed by atoms with van der Waals surface area (Å²) in [6.07, 6.45) is 1.38. The predicted molar refractivity (Wildman–Crippen MR) is 126 cm³/mol. The van der Waals surface area contributed by atoms with Crippen molar-refractivity contribution in [2.45, 2.75) is 18.4 Å². The zero-order chi connectivity index (χ0) is 21.8. The Hall–Kier alpha value is -2.17. The summed E-state index contributed by atoms with van der Waals surface area (Å²) in [6.45, 7) is 2.05. The van der Waals surface area contributed by atoms with Crippen molar-refractivity contribution in [2.75, 3.05) is 19.6 Å². The van der Waals surface area contributed by atoms with Crippen LogP contribution in [0.15, 0.2) is 78.9 Å². The molecule has 3 nitrogen and oxygen atoms in total. The smallest absolute Gasteiger partial charge is 0.170 e. The second-order valence-electron chi connectivity index (χ2n) is 8.14. The van der Waals surface area contributed by atoms with Crippen LogP contribution >= 0.6 is 23.2 Å². The summed E-state index contributed by atoms with van der Waals surface area (Å²) in [5.41, 5.74) is 1.31. The van der Waals surface area contributed by atoms with Crippen molar-refractivity contribution in [2.24, 2.45) is 5.92 Å². The van der Waals surface area contributed by atoms with Gasteiger partial charge in [-0.2, -0.15) is 0 Å². The Balaban J connectivity index is 1.60. The molecule has 1 N–H and O–H groups in total. The van der Waals surface area contributed by atoms with E-state index in [1.165, 1.54) is 5.56 Å². The fraction of sp³-hybridized carbons (Fsp3) is 0.269. The summed E-state index contributed by atoms with van der Waals surface area (Å²) >= 11 is 12.1. The molecule has 0 spiro atoms. The zero-order valence-corrected chi connectivity index (χ0v) is 18.7. The van der Waals surface area contributed by atoms with Crippen molar-refractivity contribution in [3.05, 3.63) is 106 Å². The van der Waals surface area contributed by atoms with Gasteiger partial charge in [0.25, 0.3) is 0 Å². The number of benzene rings is 3. The third-order valence-corrected chi connectivity index (χ3v) is 6.68. The van der Waals surface area contributed by atoms with Crippen LogP contribution in [0.3, 0.4) is 0 Å². The number of halogens is 2. The van der Waals surface area contributed by atoms with Crippen molar-refractivity contribution in [1.82, 2.24) is 4.90 Å². The molecule has 2 atom stereocenters. The minimum atomic E-state index is -1.25. The number of hydrogen-bond donors (Lipinski definition) is 1. The van der Waals surface area contributed by atoms with Gasteiger partial charge in [0.2, 0.25) is 0 Å². The van der Waals surface area contributed by atoms with Gasteiger partial charge in [-0.3, -0.25) is 4.79 Å². The van der Waals surface area contributed by atoms with E-state index in [-0.39, 0.29) is 5.78 Å². The molecule has 1 heterocycles. The van der Waals surface area contributed by atoms with Crippen molar-refractivity contribution < 1.29 is 9.90 Å². The van der Waals surface area contributed by atoms with Gasteiger partial charge in [0, 0.05) is 35.2 Å². The summed E-state index contributed by atoms with van der Waals surface area (Å²) in [5, 5.41) is 13.0. The Morgan fingerprint density at radius 3 is 2.19 bits per heavy atom. The van der Waals surface area contributed by atoms with Crippen LogP contribution in [0.25, 0.3) is 0 Å². The maximum absolute atomic E-state index is 13.5. The number of nitrogens with zero attached hydrogens (tertiary/aromatic N) is 1. The lowest BCUT2D eigenvalue weighted by Gasteiger charge is -2.44. The van der Waals surface area contributed by atoms with Gasteiger partial charge in [-0.1, -0.05) is 65.7 Å². The lowest BCUT2D eigenvalue weighted by molar-refractivity contribution is -0.0639. The number of likely N-dealkylation sites (tertiary alicyclic amines) is 1. The normalized spacial score (nSPS) is 21.7. The molecule has 3 aromatic rings. The highest BCUT2D eigenvalue weighted by atomic mass is 35.5. The number of aliphatic hydroxyl groups is 1. The fourth-order valence-electron chi connectivity index (χ4n) is 4.34. The van der Waals surface area contributed by atoms with Crippen LogP contribution in [0.1, 0.15) is 27.9 Å². The molecular formula is C26H25Cl2NO2. The van der Waals surface area contributed by atoms with E-state index in [2.05, 4.69) is 17.0 Å². The molecule has 1 fully saturated rings. The first-order chi connectivity index (χ1) is 15.0. The summed E-state index contributed by atoms with van der Waals surface area (Å²) in [4.78, 5) is 15.8. The molecule has 0 amide bonds. The van der Waals surface area contributed by atoms with Crippen LogP contribution in [0.2, 0.25) is 10.0 Å². The molecule has 1 aliphatic heterocycles. The molecule has 0 bridgehead atoms. The first-order valence-electron chi connectivity index (χ1n) is 10.5. The van der Waals surface area contributed by atoms with Crippen molar-refractivity contribution in [1.29, 1.82) is 0 Å². The molecule has 5 heteroatoms. The van der Waals surface area contributed by atoms with Crippen molar-refractivity contribution in [3.63, 3.8) is 0 Å². The SMILES string of the molecule is O=C(c1ccc(Cl)cc1)[C@@H]1CN(CCc2ccccc2)CC[C@@]1(O)c1ccc(Cl)cc1. The van der Waals surface area contributed by atoms with Gasteiger partial charge < -0.3 is 10.0 Å². The Morgan fingerprint density at radius 1 is 0.935 bits per heavy atom. The van der Waals surface area contributed by atoms with E-state index in [1.54, 1.807) is 36.4 Å². The number of ketones is 1. The largest absolute Gasteiger partial charge is 0.384 e. The third-order valence-electron chi connectivity index (χ3n) is 6.18. The standard InChI is InChI=1S/C26H25Cl2NO2/c27-22-10-6-20(7-11-22)25(30)24-18-29(16-14-19-4-2-1-3-5-19)17-15-26(24,31)21-8-12-23(28)13-9-21/h1-13,24,31H,14-18H2/t24-,26+/m0/s1. The Labute approximate surface area is 193 Å². The first kappa shape index (κ1) is 22.0. The van der Waals surface area contributed by atoms with E-state index in [0.717, 1.165) is 25.1 Å². The van der Waals surface area contributed by atoms with E-state index < -0.39 is 11.5 Å². The van der Waals surface area contributed by atoms with Crippen LogP contribution in [-0.4, -0.2) is 35.4 Å². The van der Waals surface area contributed by atoms with Gasteiger partial charge in [0.05, 0.1) is 5.92 Å². The highest BCUT2D eigenvalue weighted by molar-refractivity contribution is 6.30. The number of piperidine rings is 1. The van der Waals surface area contributed by atoms with E-state index in [4.69, 9.17) is 23.2 Å². The number of carbonyl (C=O) groups is 1. The minimum absolute atomic E-state index is 0.0708. The first-order valence-corrected chi connectivity index (χ1v) is 11.3. The van der Waals surface area contributed by atoms with Crippen molar-refractivity contribution in [3.8, 4) is 0 Å². The number of hydrogen-bond acceptors (Lipinski definition) is 3. The lowest BCUT2D eigenvalue weighted by atomic mass is 9.72. The third kappa shape index (κ3) is 5.02. The summed E-state index contributed by atoms with van der Waals surface area (Å²) in [5.74, 6) is -0.655. The Bertz CT molecular complexity index is 1020. The molecule has 3 aromatic carbocycles. The average Bonchev–Trinajstić information content (AvgIpc) is 2.79. The van der Waals surface area contributed by atoms with E-state index in [9.17, 15) is 9.90 Å². The second kappa shape index (κ2) is 9.54. The van der Waals surface area contributed by atoms with Gasteiger partial charge in [0.1, 0.15) is 5.60 Å². The molecule has 31 heavy (non-hydrogen) atoms. The minimum Gasteiger partial charge on any atom is -0.384 e. The molecule has 160 valence electrons. The van der Waals surface area contributed by atoms with E-state index in [1.807, 2.05) is 30.3 Å². The Kier molecular flexibility index (Phi) is 6.78. The van der Waals surface area contributed by atoms with Gasteiger partial charge in [-0.25, -0.2) is 0 Å². The number of carbonyl (C=O) groups excluding carboxylic acids is 1. The Morgan fingerprint density at radius 2 is 1.55 bits per heavy atom. The molecule has 1 aliphatic rings. The van der Waals surface area contributed by atoms with E-state index >= 15 is 0 Å². The average molecular weight is 454 g/mol. The highest BCUT2D eigenvalue weighted by Gasteiger charge is 2.46. The van der Waals surface area contributed by atoms with Crippen LogP contribution in [0.5, 0.6) is 0 Å². The molecule has 0 aromatic heterocycles. The maximum atomic E-state index is 13.5. The van der Waals surface area contributed by atoms with Crippen LogP contribution in [-0.2, 0) is 12.0 Å². The van der Waals surface area contributed by atoms with Crippen LogP contribution in [0, 0.1) is 5.92 Å². The molecule has 0 aliphatic carbocycles. The summed E-state index contributed by atoms with van der Waals surface area (Å²) in [7, 11) is 0. The van der Waals surface area contributed by atoms with Gasteiger partial charge in [-0.15, -0.1) is 0 Å². The fourth-order valence-corrected chi connectivity index (χ4v) is 4.59. The topological polar surface area (TPSA) is 40.5 Å². The van der Waals surface area contributed by atoms with Crippen molar-refractivity contribution >= 4 is 29.0 Å². The molecule has 4 rings (SSSR count). The van der Waals surface area contributed by atoms with Crippen LogP contribution in [0.4, 0.5) is 0 Å². The summed E-state index contributed by atoms with van der Waals surface area (Å²) in [6, 6.07) is 24.4. The molecule has 0 saturated carbocycles. The molecule has 0 unspecified atom stereocenters. The lowest BCUT2D eigenvalue weighted by Crippen LogP contribution is -2.53. The number of rotatable bonds is 6. The zero-order valence-electron chi connectivity index (χ0n) is 17.2. The maximum Gasteiger partial charge on any atom is 0.170 e. The second-order valence-corrected chi connectivity index (χ2v) is 9.01. The van der Waals surface area contributed by atoms with Crippen LogP contribution < -0.4 is 0 Å². The molecule has 1 saturated heterocycles. The van der Waals surface area contributed by atoms with Gasteiger partial charge >= 0.3 is 0 Å². The number of Topliss-reactive ketones (excluding diaryl/α,β-unsaturated/α-hetero) is 1. The highest BCUT2D eigenvalue weighted by Crippen LogP contribution is 2.39. The quantitative estimate of drug-likeness (QED) is 0.491. The predicted octanol–water partition coefficient (Wildman–Crippen LogP) is 5.63. The van der Waals surface area contributed by atoms with Gasteiger partial charge in [0.15, 0.2) is 5.78 Å². The monoisotopic (exact) mass is 453 g/mol. The summed E-state index contributed by atoms with van der Waals surface area (Å²) < 4.78 is 0. The molecule has 0 radical (unpaired) electrons. The molecular weight excluding hydrogens is 429 g/mol. The van der Waals surface area contributed by atoms with E-state index in [0.29, 0.717) is 28.6 Å².